The molecule has 1 amide bonds. The van der Waals surface area contributed by atoms with Crippen LogP contribution in [-0.4, -0.2) is 39.6 Å². The lowest BCUT2D eigenvalue weighted by Gasteiger charge is -2.11. The first kappa shape index (κ1) is 20.1. The molecule has 0 aliphatic carbocycles. The Morgan fingerprint density at radius 3 is 2.37 bits per heavy atom. The number of ether oxygens (including phenoxy) is 4. The molecule has 2 aromatic rings. The second kappa shape index (κ2) is 10.1. The summed E-state index contributed by atoms with van der Waals surface area (Å²) in [6.45, 7) is 4.88. The van der Waals surface area contributed by atoms with E-state index in [2.05, 4.69) is 10.5 Å². The van der Waals surface area contributed by atoms with Crippen molar-refractivity contribution in [1.82, 2.24) is 5.43 Å². The Balaban J connectivity index is 2.10. The highest BCUT2D eigenvalue weighted by molar-refractivity contribution is 5.97. The van der Waals surface area contributed by atoms with Gasteiger partial charge in [0.05, 0.1) is 39.2 Å². The molecule has 1 N–H and O–H groups in total. The van der Waals surface area contributed by atoms with Crippen LogP contribution in [0, 0.1) is 0 Å². The Morgan fingerprint density at radius 1 is 0.963 bits per heavy atom. The zero-order valence-corrected chi connectivity index (χ0v) is 15.9. The van der Waals surface area contributed by atoms with Crippen molar-refractivity contribution in [1.29, 1.82) is 0 Å². The fourth-order valence-corrected chi connectivity index (χ4v) is 2.36. The zero-order chi connectivity index (χ0) is 19.6. The molecule has 27 heavy (non-hydrogen) atoms. The third kappa shape index (κ3) is 5.37. The molecule has 0 bridgehead atoms. The van der Waals surface area contributed by atoms with Gasteiger partial charge in [-0.1, -0.05) is 0 Å². The number of carbonyl (C=O) groups excluding carboxylic acids is 1. The molecule has 0 heterocycles. The molecular weight excluding hydrogens is 348 g/mol. The second-order valence-electron chi connectivity index (χ2n) is 5.34. The van der Waals surface area contributed by atoms with E-state index in [1.807, 2.05) is 26.0 Å². The average molecular weight is 372 g/mol. The van der Waals surface area contributed by atoms with E-state index in [-0.39, 0.29) is 5.91 Å². The lowest BCUT2D eigenvalue weighted by Crippen LogP contribution is -2.18. The van der Waals surface area contributed by atoms with Crippen LogP contribution in [0.2, 0.25) is 0 Å². The molecule has 2 aromatic carbocycles. The van der Waals surface area contributed by atoms with Crippen LogP contribution in [0.25, 0.3) is 0 Å². The lowest BCUT2D eigenvalue weighted by atomic mass is 10.2. The van der Waals surface area contributed by atoms with Crippen molar-refractivity contribution in [3.8, 4) is 23.0 Å². The highest BCUT2D eigenvalue weighted by Crippen LogP contribution is 2.28. The van der Waals surface area contributed by atoms with E-state index in [1.165, 1.54) is 13.3 Å². The molecule has 0 saturated carbocycles. The van der Waals surface area contributed by atoms with Gasteiger partial charge < -0.3 is 18.9 Å². The van der Waals surface area contributed by atoms with Crippen LogP contribution < -0.4 is 24.4 Å². The molecule has 0 radical (unpaired) electrons. The van der Waals surface area contributed by atoms with E-state index in [0.717, 1.165) is 5.56 Å². The molecule has 0 aliphatic heterocycles. The third-order valence-corrected chi connectivity index (χ3v) is 3.60. The predicted molar refractivity (Wildman–Crippen MR) is 103 cm³/mol. The van der Waals surface area contributed by atoms with Crippen molar-refractivity contribution < 1.29 is 23.7 Å². The summed E-state index contributed by atoms with van der Waals surface area (Å²) >= 11 is 0. The monoisotopic (exact) mass is 372 g/mol. The Hall–Kier alpha value is -3.22. The maximum atomic E-state index is 12.3. The van der Waals surface area contributed by atoms with E-state index >= 15 is 0 Å². The average Bonchev–Trinajstić information content (AvgIpc) is 2.69. The van der Waals surface area contributed by atoms with Gasteiger partial charge >= 0.3 is 0 Å². The van der Waals surface area contributed by atoms with Crippen LogP contribution in [0.4, 0.5) is 0 Å². The van der Waals surface area contributed by atoms with E-state index in [1.54, 1.807) is 31.4 Å². The second-order valence-corrected chi connectivity index (χ2v) is 5.34. The summed E-state index contributed by atoms with van der Waals surface area (Å²) < 4.78 is 21.5. The summed E-state index contributed by atoms with van der Waals surface area (Å²) in [5.74, 6) is 1.92. The lowest BCUT2D eigenvalue weighted by molar-refractivity contribution is 0.0952. The number of methoxy groups -OCH3 is 2. The Labute approximate surface area is 158 Å². The van der Waals surface area contributed by atoms with Gasteiger partial charge in [0.15, 0.2) is 11.5 Å². The molecular formula is C20H24N2O5. The maximum Gasteiger partial charge on any atom is 0.275 e. The Morgan fingerprint density at radius 2 is 1.70 bits per heavy atom. The predicted octanol–water partition coefficient (Wildman–Crippen LogP) is 3.27. The van der Waals surface area contributed by atoms with Gasteiger partial charge in [-0.3, -0.25) is 4.79 Å². The third-order valence-electron chi connectivity index (χ3n) is 3.60. The van der Waals surface area contributed by atoms with Crippen LogP contribution in [0.5, 0.6) is 23.0 Å². The Bertz CT molecular complexity index is 805. The van der Waals surface area contributed by atoms with Crippen molar-refractivity contribution in [3.63, 3.8) is 0 Å². The first-order chi connectivity index (χ1) is 13.1. The largest absolute Gasteiger partial charge is 0.497 e. The van der Waals surface area contributed by atoms with Crippen LogP contribution in [-0.2, 0) is 0 Å². The van der Waals surface area contributed by atoms with Gasteiger partial charge in [0.25, 0.3) is 5.91 Å². The van der Waals surface area contributed by atoms with Crippen molar-refractivity contribution in [2.24, 2.45) is 5.10 Å². The van der Waals surface area contributed by atoms with Crippen molar-refractivity contribution in [2.45, 2.75) is 13.8 Å². The van der Waals surface area contributed by atoms with Gasteiger partial charge in [0, 0.05) is 6.07 Å². The van der Waals surface area contributed by atoms with E-state index in [9.17, 15) is 4.79 Å². The zero-order valence-electron chi connectivity index (χ0n) is 15.9. The van der Waals surface area contributed by atoms with Gasteiger partial charge in [0.1, 0.15) is 11.5 Å². The topological polar surface area (TPSA) is 78.4 Å². The molecule has 0 aliphatic rings. The molecule has 7 nitrogen and oxygen atoms in total. The number of benzene rings is 2. The highest BCUT2D eigenvalue weighted by Gasteiger charge is 2.12. The number of nitrogens with one attached hydrogen (secondary N) is 1. The van der Waals surface area contributed by atoms with Gasteiger partial charge in [-0.25, -0.2) is 5.43 Å². The van der Waals surface area contributed by atoms with E-state index in [4.69, 9.17) is 18.9 Å². The number of rotatable bonds is 9. The van der Waals surface area contributed by atoms with Crippen molar-refractivity contribution in [3.05, 3.63) is 47.5 Å². The normalized spacial score (nSPS) is 10.5. The summed E-state index contributed by atoms with van der Waals surface area (Å²) in [7, 11) is 3.04. The molecule has 0 saturated heterocycles. The summed E-state index contributed by atoms with van der Waals surface area (Å²) in [4.78, 5) is 12.3. The van der Waals surface area contributed by atoms with Gasteiger partial charge in [-0.2, -0.15) is 5.10 Å². The molecule has 2 rings (SSSR count). The van der Waals surface area contributed by atoms with Gasteiger partial charge in [-0.15, -0.1) is 0 Å². The van der Waals surface area contributed by atoms with Crippen molar-refractivity contribution in [2.75, 3.05) is 27.4 Å². The number of hydrogen-bond donors (Lipinski definition) is 1. The van der Waals surface area contributed by atoms with Crippen LogP contribution in [0.15, 0.2) is 41.5 Å². The molecule has 144 valence electrons. The quantitative estimate of drug-likeness (QED) is 0.540. The molecule has 0 atom stereocenters. The fraction of sp³-hybridized carbons (Fsp3) is 0.300. The smallest absolute Gasteiger partial charge is 0.275 e. The summed E-state index contributed by atoms with van der Waals surface area (Å²) in [6.07, 6.45) is 1.53. The summed E-state index contributed by atoms with van der Waals surface area (Å²) in [5.41, 5.74) is 3.61. The van der Waals surface area contributed by atoms with Crippen LogP contribution in [0.3, 0.4) is 0 Å². The minimum Gasteiger partial charge on any atom is -0.497 e. The molecule has 0 aromatic heterocycles. The molecule has 0 spiro atoms. The molecule has 0 unspecified atom stereocenters. The van der Waals surface area contributed by atoms with E-state index in [0.29, 0.717) is 41.8 Å². The van der Waals surface area contributed by atoms with Gasteiger partial charge in [-0.05, 0) is 49.7 Å². The maximum absolute atomic E-state index is 12.3. The molecule has 7 heteroatoms. The number of nitrogens with zero attached hydrogens (tertiary/aromatic N) is 1. The van der Waals surface area contributed by atoms with Gasteiger partial charge in [0.2, 0.25) is 0 Å². The minimum absolute atomic E-state index is 0.358. The number of hydrazone groups is 1. The first-order valence-corrected chi connectivity index (χ1v) is 8.58. The van der Waals surface area contributed by atoms with Crippen LogP contribution in [0.1, 0.15) is 29.8 Å². The number of hydrogen-bond acceptors (Lipinski definition) is 6. The standard InChI is InChI=1S/C20H24N2O5/c1-5-26-17-10-7-14(11-19(17)27-6-2)13-21-22-20(23)16-9-8-15(24-3)12-18(16)25-4/h7-13H,5-6H2,1-4H3,(H,22,23). The first-order valence-electron chi connectivity index (χ1n) is 8.58. The highest BCUT2D eigenvalue weighted by atomic mass is 16.5. The SMILES string of the molecule is CCOc1ccc(C=NNC(=O)c2ccc(OC)cc2OC)cc1OCC. The minimum atomic E-state index is -0.387. The number of amides is 1. The summed E-state index contributed by atoms with van der Waals surface area (Å²) in [6, 6.07) is 10.4. The number of carbonyl (C=O) groups is 1. The summed E-state index contributed by atoms with van der Waals surface area (Å²) in [5, 5.41) is 4.01. The van der Waals surface area contributed by atoms with E-state index < -0.39 is 0 Å². The fourth-order valence-electron chi connectivity index (χ4n) is 2.36. The molecule has 0 fully saturated rings. The van der Waals surface area contributed by atoms with Crippen molar-refractivity contribution >= 4 is 12.1 Å². The van der Waals surface area contributed by atoms with Crippen LogP contribution >= 0.6 is 0 Å². The Kier molecular flexibility index (Phi) is 7.49.